The summed E-state index contributed by atoms with van der Waals surface area (Å²) in [6, 6.07) is 0. The zero-order valence-corrected chi connectivity index (χ0v) is 10.3. The van der Waals surface area contributed by atoms with Crippen LogP contribution >= 0.6 is 0 Å². The third-order valence-corrected chi connectivity index (χ3v) is 2.55. The van der Waals surface area contributed by atoms with Gasteiger partial charge in [0.1, 0.15) is 0 Å². The van der Waals surface area contributed by atoms with Crippen molar-refractivity contribution >= 4 is 0 Å². The Balaban J connectivity index is 3.54. The van der Waals surface area contributed by atoms with Gasteiger partial charge in [-0.1, -0.05) is 38.2 Å². The van der Waals surface area contributed by atoms with Gasteiger partial charge in [-0.3, -0.25) is 0 Å². The Bertz CT molecular complexity index is 152. The molecule has 0 aliphatic carbocycles. The van der Waals surface area contributed by atoms with Gasteiger partial charge in [-0.2, -0.15) is 0 Å². The van der Waals surface area contributed by atoms with Crippen LogP contribution in [0.2, 0.25) is 0 Å². The van der Waals surface area contributed by atoms with Gasteiger partial charge in [0.25, 0.3) is 0 Å². The lowest BCUT2D eigenvalue weighted by Crippen LogP contribution is -2.04. The van der Waals surface area contributed by atoms with E-state index >= 15 is 0 Å². The average molecular weight is 210 g/mol. The summed E-state index contributed by atoms with van der Waals surface area (Å²) < 4.78 is 0. The second-order valence-electron chi connectivity index (χ2n) is 3.96. The molecule has 0 bridgehead atoms. The van der Waals surface area contributed by atoms with E-state index in [0.29, 0.717) is 12.5 Å². The van der Waals surface area contributed by atoms with Gasteiger partial charge in [-0.15, -0.1) is 0 Å². The zero-order chi connectivity index (χ0) is 11.4. The molecule has 1 N–H and O–H groups in total. The molecule has 0 aromatic heterocycles. The van der Waals surface area contributed by atoms with Crippen molar-refractivity contribution < 1.29 is 5.11 Å². The summed E-state index contributed by atoms with van der Waals surface area (Å²) in [6.45, 7) is 4.63. The van der Waals surface area contributed by atoms with Crippen molar-refractivity contribution in [3.8, 4) is 0 Å². The number of allylic oxidation sites excluding steroid dienone is 4. The highest BCUT2D eigenvalue weighted by atomic mass is 16.3. The molecule has 0 unspecified atom stereocenters. The van der Waals surface area contributed by atoms with E-state index in [9.17, 15) is 5.11 Å². The zero-order valence-electron chi connectivity index (χ0n) is 10.3. The Morgan fingerprint density at radius 1 is 0.867 bits per heavy atom. The minimum Gasteiger partial charge on any atom is -0.396 e. The predicted molar refractivity (Wildman–Crippen MR) is 67.9 cm³/mol. The van der Waals surface area contributed by atoms with Crippen molar-refractivity contribution in [1.29, 1.82) is 0 Å². The average Bonchev–Trinajstić information content (AvgIpc) is 2.27. The van der Waals surface area contributed by atoms with Crippen LogP contribution in [0.5, 0.6) is 0 Å². The number of aliphatic hydroxyl groups excluding tert-OH is 1. The quantitative estimate of drug-likeness (QED) is 0.568. The van der Waals surface area contributed by atoms with Gasteiger partial charge in [0, 0.05) is 6.61 Å². The Morgan fingerprint density at radius 3 is 1.67 bits per heavy atom. The van der Waals surface area contributed by atoms with E-state index in [0.717, 1.165) is 38.5 Å². The van der Waals surface area contributed by atoms with E-state index < -0.39 is 0 Å². The molecule has 0 aromatic rings. The van der Waals surface area contributed by atoms with E-state index in [-0.39, 0.29) is 0 Å². The molecule has 0 aromatic carbocycles. The summed E-state index contributed by atoms with van der Waals surface area (Å²) in [6.07, 6.45) is 15.5. The molecule has 0 saturated heterocycles. The van der Waals surface area contributed by atoms with E-state index in [1.807, 2.05) is 0 Å². The standard InChI is InChI=1S/C14H26O/c1-3-5-7-9-11-14(13-15)12-10-8-6-4-2/h5-8,14-15H,3-4,9-13H2,1-2H3. The van der Waals surface area contributed by atoms with Crippen molar-refractivity contribution in [3.63, 3.8) is 0 Å². The highest BCUT2D eigenvalue weighted by molar-refractivity contribution is 4.83. The minimum atomic E-state index is 0.333. The summed E-state index contributed by atoms with van der Waals surface area (Å²) >= 11 is 0. The molecule has 0 aliphatic rings. The summed E-state index contributed by atoms with van der Waals surface area (Å²) in [5.74, 6) is 0.480. The maximum absolute atomic E-state index is 9.19. The van der Waals surface area contributed by atoms with E-state index in [1.54, 1.807) is 0 Å². The lowest BCUT2D eigenvalue weighted by atomic mass is 9.98. The molecule has 0 aliphatic heterocycles. The fourth-order valence-electron chi connectivity index (χ4n) is 1.56. The van der Waals surface area contributed by atoms with Crippen LogP contribution in [-0.2, 0) is 0 Å². The third-order valence-electron chi connectivity index (χ3n) is 2.55. The van der Waals surface area contributed by atoms with Crippen LogP contribution in [-0.4, -0.2) is 11.7 Å². The summed E-state index contributed by atoms with van der Waals surface area (Å²) in [5.41, 5.74) is 0. The first kappa shape index (κ1) is 14.4. The summed E-state index contributed by atoms with van der Waals surface area (Å²) in [4.78, 5) is 0. The van der Waals surface area contributed by atoms with Gasteiger partial charge >= 0.3 is 0 Å². The maximum Gasteiger partial charge on any atom is 0.0459 e. The lowest BCUT2D eigenvalue weighted by Gasteiger charge is -2.10. The van der Waals surface area contributed by atoms with Crippen LogP contribution < -0.4 is 0 Å². The normalized spacial score (nSPS) is 14.1. The second kappa shape index (κ2) is 11.5. The van der Waals surface area contributed by atoms with Gasteiger partial charge in [0.05, 0.1) is 0 Å². The molecule has 88 valence electrons. The van der Waals surface area contributed by atoms with Crippen LogP contribution in [0.1, 0.15) is 52.4 Å². The van der Waals surface area contributed by atoms with Crippen molar-refractivity contribution in [2.75, 3.05) is 6.61 Å². The van der Waals surface area contributed by atoms with Crippen LogP contribution in [0.15, 0.2) is 24.3 Å². The van der Waals surface area contributed by atoms with Crippen LogP contribution in [0.4, 0.5) is 0 Å². The van der Waals surface area contributed by atoms with E-state index in [1.165, 1.54) is 0 Å². The number of hydrogen-bond acceptors (Lipinski definition) is 1. The van der Waals surface area contributed by atoms with Crippen molar-refractivity contribution in [2.24, 2.45) is 5.92 Å². The van der Waals surface area contributed by atoms with Crippen LogP contribution in [0.25, 0.3) is 0 Å². The lowest BCUT2D eigenvalue weighted by molar-refractivity contribution is 0.212. The molecule has 1 nitrogen and oxygen atoms in total. The first-order valence-electron chi connectivity index (χ1n) is 6.25. The van der Waals surface area contributed by atoms with Crippen molar-refractivity contribution in [3.05, 3.63) is 24.3 Å². The Kier molecular flexibility index (Phi) is 11.1. The molecule has 0 amide bonds. The number of aliphatic hydroxyl groups is 1. The highest BCUT2D eigenvalue weighted by Crippen LogP contribution is 2.13. The van der Waals surface area contributed by atoms with Gasteiger partial charge < -0.3 is 5.11 Å². The SMILES string of the molecule is CCC=CCCC(CO)CCC=CCC. The van der Waals surface area contributed by atoms with Crippen LogP contribution in [0, 0.1) is 5.92 Å². The first-order valence-corrected chi connectivity index (χ1v) is 6.25. The molecule has 0 atom stereocenters. The maximum atomic E-state index is 9.19. The fourth-order valence-corrected chi connectivity index (χ4v) is 1.56. The van der Waals surface area contributed by atoms with Crippen LogP contribution in [0.3, 0.4) is 0 Å². The Labute approximate surface area is 94.9 Å². The molecule has 0 radical (unpaired) electrons. The molecule has 1 heteroatoms. The van der Waals surface area contributed by atoms with E-state index in [4.69, 9.17) is 0 Å². The fraction of sp³-hybridized carbons (Fsp3) is 0.714. The molecular formula is C14H26O. The van der Waals surface area contributed by atoms with Gasteiger partial charge in [0.2, 0.25) is 0 Å². The largest absolute Gasteiger partial charge is 0.396 e. The topological polar surface area (TPSA) is 20.2 Å². The number of rotatable bonds is 9. The van der Waals surface area contributed by atoms with Gasteiger partial charge in [-0.05, 0) is 44.4 Å². The number of hydrogen-bond donors (Lipinski definition) is 1. The smallest absolute Gasteiger partial charge is 0.0459 e. The molecule has 0 spiro atoms. The summed E-state index contributed by atoms with van der Waals surface area (Å²) in [5, 5.41) is 9.19. The molecule has 0 fully saturated rings. The molecule has 0 saturated carbocycles. The Morgan fingerprint density at radius 2 is 1.33 bits per heavy atom. The van der Waals surface area contributed by atoms with Gasteiger partial charge in [-0.25, -0.2) is 0 Å². The van der Waals surface area contributed by atoms with Crippen molar-refractivity contribution in [1.82, 2.24) is 0 Å². The molecule has 15 heavy (non-hydrogen) atoms. The first-order chi connectivity index (χ1) is 7.35. The van der Waals surface area contributed by atoms with Crippen molar-refractivity contribution in [2.45, 2.75) is 52.4 Å². The minimum absolute atomic E-state index is 0.333. The van der Waals surface area contributed by atoms with Gasteiger partial charge in [0.15, 0.2) is 0 Å². The second-order valence-corrected chi connectivity index (χ2v) is 3.96. The molecular weight excluding hydrogens is 184 g/mol. The van der Waals surface area contributed by atoms with E-state index in [2.05, 4.69) is 38.2 Å². The highest BCUT2D eigenvalue weighted by Gasteiger charge is 2.04. The monoisotopic (exact) mass is 210 g/mol. The predicted octanol–water partition coefficient (Wildman–Crippen LogP) is 4.09. The molecule has 0 heterocycles. The third kappa shape index (κ3) is 9.74. The summed E-state index contributed by atoms with van der Waals surface area (Å²) in [7, 11) is 0. The molecule has 0 rings (SSSR count). The Hall–Kier alpha value is -0.560.